The Labute approximate surface area is 151 Å². The van der Waals surface area contributed by atoms with Gasteiger partial charge in [-0.3, -0.25) is 0 Å². The maximum atomic E-state index is 11.8. The Kier molecular flexibility index (Phi) is 6.05. The van der Waals surface area contributed by atoms with Gasteiger partial charge in [0.05, 0.1) is 0 Å². The number of aromatic nitrogens is 2. The number of nitrogens with one attached hydrogen (secondary N) is 2. The van der Waals surface area contributed by atoms with E-state index in [0.29, 0.717) is 0 Å². The van der Waals surface area contributed by atoms with Crippen molar-refractivity contribution in [1.29, 1.82) is 0 Å². The van der Waals surface area contributed by atoms with Gasteiger partial charge in [0.2, 0.25) is 5.28 Å². The molecule has 1 fully saturated rings. The van der Waals surface area contributed by atoms with Gasteiger partial charge in [-0.05, 0) is 58.1 Å². The third kappa shape index (κ3) is 6.04. The van der Waals surface area contributed by atoms with Gasteiger partial charge in [0.1, 0.15) is 17.0 Å². The highest BCUT2D eigenvalue weighted by Crippen LogP contribution is 2.24. The molecule has 0 aliphatic heterocycles. The number of halogens is 1. The minimum absolute atomic E-state index is 0.00669. The molecule has 0 aromatic carbocycles. The van der Waals surface area contributed by atoms with Crippen LogP contribution in [0, 0.1) is 0 Å². The number of carboxylic acids is 1. The van der Waals surface area contributed by atoms with Crippen LogP contribution in [0.2, 0.25) is 5.28 Å². The number of carboxylic acid groups (broad SMARTS) is 1. The zero-order chi connectivity index (χ0) is 18.6. The quantitative estimate of drug-likeness (QED) is 0.698. The number of aromatic carboxylic acids is 1. The average molecular weight is 371 g/mol. The monoisotopic (exact) mass is 370 g/mol. The Morgan fingerprint density at radius 2 is 1.84 bits per heavy atom. The van der Waals surface area contributed by atoms with Crippen LogP contribution in [0.3, 0.4) is 0 Å². The van der Waals surface area contributed by atoms with Crippen molar-refractivity contribution in [3.8, 4) is 0 Å². The Hall–Kier alpha value is -2.09. The van der Waals surface area contributed by atoms with Gasteiger partial charge in [0.15, 0.2) is 0 Å². The molecular weight excluding hydrogens is 348 g/mol. The molecule has 1 aromatic heterocycles. The lowest BCUT2D eigenvalue weighted by Gasteiger charge is -2.31. The van der Waals surface area contributed by atoms with Crippen molar-refractivity contribution >= 4 is 29.5 Å². The summed E-state index contributed by atoms with van der Waals surface area (Å²) in [5.41, 5.74) is -0.541. The summed E-state index contributed by atoms with van der Waals surface area (Å²) < 4.78 is 5.26. The topological polar surface area (TPSA) is 113 Å². The van der Waals surface area contributed by atoms with E-state index in [4.69, 9.17) is 16.3 Å². The minimum atomic E-state index is -1.11. The van der Waals surface area contributed by atoms with E-state index in [1.165, 1.54) is 6.20 Å². The van der Waals surface area contributed by atoms with Crippen LogP contribution >= 0.6 is 11.6 Å². The molecule has 9 heteroatoms. The fourth-order valence-electron chi connectivity index (χ4n) is 2.68. The third-order valence-electron chi connectivity index (χ3n) is 3.78. The molecular formula is C16H23ClN4O4. The zero-order valence-corrected chi connectivity index (χ0v) is 15.3. The number of hydrogen-bond donors (Lipinski definition) is 3. The SMILES string of the molecule is CC(C)(C)OC(=O)NC1CCC(Nc2nc(Cl)ncc2C(=O)O)CC1. The maximum absolute atomic E-state index is 11.8. The lowest BCUT2D eigenvalue weighted by molar-refractivity contribution is 0.0491. The Bertz CT molecular complexity index is 640. The molecule has 2 rings (SSSR count). The molecule has 1 aliphatic carbocycles. The summed E-state index contributed by atoms with van der Waals surface area (Å²) in [6.07, 6.45) is 3.83. The lowest BCUT2D eigenvalue weighted by atomic mass is 9.91. The van der Waals surface area contributed by atoms with Crippen LogP contribution in [-0.2, 0) is 4.74 Å². The van der Waals surface area contributed by atoms with Gasteiger partial charge in [-0.1, -0.05) is 0 Å². The molecule has 138 valence electrons. The fourth-order valence-corrected chi connectivity index (χ4v) is 2.81. The predicted molar refractivity (Wildman–Crippen MR) is 93.0 cm³/mol. The number of rotatable bonds is 4. The number of alkyl carbamates (subject to hydrolysis) is 1. The van der Waals surface area contributed by atoms with Crippen LogP contribution in [0.5, 0.6) is 0 Å². The van der Waals surface area contributed by atoms with Crippen molar-refractivity contribution in [3.63, 3.8) is 0 Å². The van der Waals surface area contributed by atoms with Crippen LogP contribution in [0.4, 0.5) is 10.6 Å². The van der Waals surface area contributed by atoms with E-state index >= 15 is 0 Å². The number of anilines is 1. The van der Waals surface area contributed by atoms with Gasteiger partial charge in [-0.15, -0.1) is 0 Å². The smallest absolute Gasteiger partial charge is 0.407 e. The predicted octanol–water partition coefficient (Wildman–Crippen LogP) is 3.08. The van der Waals surface area contributed by atoms with Crippen LogP contribution in [0.1, 0.15) is 56.8 Å². The van der Waals surface area contributed by atoms with E-state index in [9.17, 15) is 14.7 Å². The standard InChI is InChI=1S/C16H23ClN4O4/c1-16(2,3)25-15(24)20-10-6-4-9(5-7-10)19-12-11(13(22)23)8-18-14(17)21-12/h8-10H,4-7H2,1-3H3,(H,20,24)(H,22,23)(H,18,19,21). The molecule has 0 saturated heterocycles. The summed E-state index contributed by atoms with van der Waals surface area (Å²) in [6.45, 7) is 5.46. The third-order valence-corrected chi connectivity index (χ3v) is 3.96. The molecule has 25 heavy (non-hydrogen) atoms. The molecule has 0 bridgehead atoms. The van der Waals surface area contributed by atoms with Crippen molar-refractivity contribution in [1.82, 2.24) is 15.3 Å². The summed E-state index contributed by atoms with van der Waals surface area (Å²) in [6, 6.07) is 0.0987. The van der Waals surface area contributed by atoms with Gasteiger partial charge in [-0.25, -0.2) is 14.6 Å². The fraction of sp³-hybridized carbons (Fsp3) is 0.625. The van der Waals surface area contributed by atoms with Crippen molar-refractivity contribution in [2.24, 2.45) is 0 Å². The number of hydrogen-bond acceptors (Lipinski definition) is 6. The molecule has 0 spiro atoms. The highest BCUT2D eigenvalue weighted by molar-refractivity contribution is 6.28. The summed E-state index contributed by atoms with van der Waals surface area (Å²) >= 11 is 5.76. The highest BCUT2D eigenvalue weighted by Gasteiger charge is 2.26. The number of ether oxygens (including phenoxy) is 1. The first-order valence-electron chi connectivity index (χ1n) is 8.16. The molecule has 0 atom stereocenters. The molecule has 0 unspecified atom stereocenters. The summed E-state index contributed by atoms with van der Waals surface area (Å²) in [4.78, 5) is 30.7. The maximum Gasteiger partial charge on any atom is 0.407 e. The Morgan fingerprint density at radius 1 is 1.24 bits per heavy atom. The first-order chi connectivity index (χ1) is 11.6. The molecule has 1 saturated carbocycles. The van der Waals surface area contributed by atoms with Crippen LogP contribution in [-0.4, -0.2) is 44.8 Å². The van der Waals surface area contributed by atoms with E-state index < -0.39 is 17.7 Å². The first-order valence-corrected chi connectivity index (χ1v) is 8.54. The molecule has 1 aliphatic rings. The minimum Gasteiger partial charge on any atom is -0.477 e. The van der Waals surface area contributed by atoms with Crippen molar-refractivity contribution in [2.45, 2.75) is 64.1 Å². The lowest BCUT2D eigenvalue weighted by Crippen LogP contribution is -2.42. The molecule has 1 amide bonds. The Balaban J connectivity index is 1.88. The number of carbonyl (C=O) groups excluding carboxylic acids is 1. The van der Waals surface area contributed by atoms with Gasteiger partial charge < -0.3 is 20.5 Å². The largest absolute Gasteiger partial charge is 0.477 e. The Morgan fingerprint density at radius 3 is 2.40 bits per heavy atom. The van der Waals surface area contributed by atoms with Gasteiger partial charge in [0, 0.05) is 18.3 Å². The molecule has 1 aromatic rings. The van der Waals surface area contributed by atoms with E-state index in [0.717, 1.165) is 25.7 Å². The van der Waals surface area contributed by atoms with Gasteiger partial charge in [-0.2, -0.15) is 4.98 Å². The van der Waals surface area contributed by atoms with Crippen LogP contribution in [0.25, 0.3) is 0 Å². The van der Waals surface area contributed by atoms with E-state index in [-0.39, 0.29) is 28.7 Å². The highest BCUT2D eigenvalue weighted by atomic mass is 35.5. The van der Waals surface area contributed by atoms with Gasteiger partial charge >= 0.3 is 12.1 Å². The van der Waals surface area contributed by atoms with Crippen LogP contribution in [0.15, 0.2) is 6.20 Å². The van der Waals surface area contributed by atoms with E-state index in [2.05, 4.69) is 20.6 Å². The zero-order valence-electron chi connectivity index (χ0n) is 14.5. The van der Waals surface area contributed by atoms with Gasteiger partial charge in [0.25, 0.3) is 0 Å². The second kappa shape index (κ2) is 7.86. The first kappa shape index (κ1) is 19.2. The summed E-state index contributed by atoms with van der Waals surface area (Å²) in [7, 11) is 0. The molecule has 0 radical (unpaired) electrons. The number of amides is 1. The molecule has 1 heterocycles. The van der Waals surface area contributed by atoms with E-state index in [1.807, 2.05) is 20.8 Å². The average Bonchev–Trinajstić information content (AvgIpc) is 2.47. The molecule has 3 N–H and O–H groups in total. The normalized spacial score (nSPS) is 20.6. The second-order valence-electron chi connectivity index (χ2n) is 7.05. The van der Waals surface area contributed by atoms with Crippen molar-refractivity contribution < 1.29 is 19.4 Å². The van der Waals surface area contributed by atoms with Crippen LogP contribution < -0.4 is 10.6 Å². The molecule has 8 nitrogen and oxygen atoms in total. The van der Waals surface area contributed by atoms with E-state index in [1.54, 1.807) is 0 Å². The summed E-state index contributed by atoms with van der Waals surface area (Å²) in [5, 5.41) is 15.2. The number of carbonyl (C=O) groups is 2. The number of nitrogens with zero attached hydrogens (tertiary/aromatic N) is 2. The van der Waals surface area contributed by atoms with Crippen molar-refractivity contribution in [3.05, 3.63) is 17.0 Å². The van der Waals surface area contributed by atoms with Crippen molar-refractivity contribution in [2.75, 3.05) is 5.32 Å². The second-order valence-corrected chi connectivity index (χ2v) is 7.38. The summed E-state index contributed by atoms with van der Waals surface area (Å²) in [5.74, 6) is -0.893.